The van der Waals surface area contributed by atoms with Crippen LogP contribution in [0.25, 0.3) is 0 Å². The van der Waals surface area contributed by atoms with Crippen molar-refractivity contribution in [2.45, 2.75) is 74.8 Å². The largest absolute Gasteiger partial charge is 0.496 e. The maximum Gasteiger partial charge on any atom is 0.241 e. The molecule has 0 spiro atoms. The molecule has 2 unspecified atom stereocenters. The van der Waals surface area contributed by atoms with Crippen LogP contribution in [0.4, 0.5) is 8.78 Å². The summed E-state index contributed by atoms with van der Waals surface area (Å²) in [4.78, 5) is 32.1. The summed E-state index contributed by atoms with van der Waals surface area (Å²) in [6, 6.07) is 17.2. The van der Waals surface area contributed by atoms with Crippen molar-refractivity contribution < 1.29 is 31.5 Å². The molecule has 0 amide bonds. The number of thioether (sulfide) groups is 2. The number of benzene rings is 3. The number of hydrogen-bond acceptors (Lipinski definition) is 9. The Morgan fingerprint density at radius 3 is 1.62 bits per heavy atom. The van der Waals surface area contributed by atoms with E-state index in [4.69, 9.17) is 4.74 Å². The average molecular weight is 828 g/mol. The Kier molecular flexibility index (Phi) is 14.7. The van der Waals surface area contributed by atoms with Gasteiger partial charge >= 0.3 is 0 Å². The first-order chi connectivity index (χ1) is 27.0. The number of piperidine rings is 2. The molecule has 3 aromatic rings. The van der Waals surface area contributed by atoms with Crippen LogP contribution in [0, 0.1) is 23.5 Å². The topological polar surface area (TPSA) is 96.0 Å². The fourth-order valence-corrected chi connectivity index (χ4v) is 12.1. The first-order valence-electron chi connectivity index (χ1n) is 19.9. The number of methoxy groups -OCH3 is 1. The van der Waals surface area contributed by atoms with E-state index in [2.05, 4.69) is 28.4 Å². The highest BCUT2D eigenvalue weighted by molar-refractivity contribution is 7.99. The molecular formula is C43H55F2N3O5S3. The van der Waals surface area contributed by atoms with E-state index in [9.17, 15) is 26.8 Å². The molecule has 0 bridgehead atoms. The third kappa shape index (κ3) is 9.89. The van der Waals surface area contributed by atoms with Crippen LogP contribution in [-0.2, 0) is 15.4 Å². The number of carbonyl (C=O) groups is 2. The monoisotopic (exact) mass is 827 g/mol. The summed E-state index contributed by atoms with van der Waals surface area (Å²) in [5, 5.41) is 0. The summed E-state index contributed by atoms with van der Waals surface area (Å²) in [5.74, 6) is 3.29. The molecule has 13 heteroatoms. The van der Waals surface area contributed by atoms with Gasteiger partial charge in [-0.25, -0.2) is 21.9 Å². The zero-order valence-corrected chi connectivity index (χ0v) is 35.1. The van der Waals surface area contributed by atoms with Crippen molar-refractivity contribution in [2.75, 3.05) is 62.8 Å². The molecule has 304 valence electrons. The highest BCUT2D eigenvalue weighted by Crippen LogP contribution is 2.48. The van der Waals surface area contributed by atoms with Crippen molar-refractivity contribution in [1.82, 2.24) is 14.5 Å². The molecule has 56 heavy (non-hydrogen) atoms. The van der Waals surface area contributed by atoms with Crippen LogP contribution >= 0.6 is 23.5 Å². The van der Waals surface area contributed by atoms with E-state index in [1.54, 1.807) is 43.5 Å². The smallest absolute Gasteiger partial charge is 0.241 e. The molecule has 3 heterocycles. The number of ketones is 2. The summed E-state index contributed by atoms with van der Waals surface area (Å²) in [5.41, 5.74) is 1.20. The van der Waals surface area contributed by atoms with E-state index >= 15 is 0 Å². The molecule has 0 aliphatic carbocycles. The third-order valence-corrected chi connectivity index (χ3v) is 15.5. The Morgan fingerprint density at radius 1 is 0.768 bits per heavy atom. The molecular weight excluding hydrogens is 773 g/mol. The highest BCUT2D eigenvalue weighted by atomic mass is 32.2. The quantitative estimate of drug-likeness (QED) is 0.137. The number of rotatable bonds is 17. The van der Waals surface area contributed by atoms with Gasteiger partial charge in [-0.2, -0.15) is 23.5 Å². The van der Waals surface area contributed by atoms with Gasteiger partial charge in [0.2, 0.25) is 10.0 Å². The van der Waals surface area contributed by atoms with E-state index in [0.717, 1.165) is 54.8 Å². The van der Waals surface area contributed by atoms with Crippen molar-refractivity contribution in [3.63, 3.8) is 0 Å². The first-order valence-corrected chi connectivity index (χ1v) is 23.7. The second kappa shape index (κ2) is 19.3. The molecule has 3 aliphatic rings. The Balaban J connectivity index is 1.29. The normalized spacial score (nSPS) is 21.9. The fraction of sp³-hybridized carbons (Fsp3) is 0.535. The lowest BCUT2D eigenvalue weighted by Gasteiger charge is -2.48. The first kappa shape index (κ1) is 42.8. The number of hydrogen-bond donors (Lipinski definition) is 1. The van der Waals surface area contributed by atoms with E-state index in [-0.39, 0.29) is 58.6 Å². The van der Waals surface area contributed by atoms with Crippen molar-refractivity contribution in [2.24, 2.45) is 11.8 Å². The van der Waals surface area contributed by atoms with Crippen molar-refractivity contribution in [3.05, 3.63) is 95.1 Å². The number of fused-ring (bicyclic) bond motifs is 1. The molecule has 3 aromatic carbocycles. The SMILES string of the molecule is CCSCC(CC1(CC(CSCC)N2CCC(C(=O)c3ccc(F)cc3)CC2)CNS(=O)(=O)c2cccc(OC)c21)N1CCC(C(=O)c2ccc(F)cc2)CC1. The van der Waals surface area contributed by atoms with Crippen molar-refractivity contribution >= 4 is 45.1 Å². The van der Waals surface area contributed by atoms with Gasteiger partial charge in [0, 0.05) is 64.1 Å². The van der Waals surface area contributed by atoms with Crippen LogP contribution in [0.3, 0.4) is 0 Å². The van der Waals surface area contributed by atoms with Crippen LogP contribution in [0.15, 0.2) is 71.6 Å². The number of carbonyl (C=O) groups excluding carboxylic acids is 2. The Hall–Kier alpha value is -2.81. The molecule has 6 rings (SSSR count). The molecule has 2 fully saturated rings. The van der Waals surface area contributed by atoms with Gasteiger partial charge in [0.1, 0.15) is 17.4 Å². The van der Waals surface area contributed by atoms with Gasteiger partial charge in [0.15, 0.2) is 11.6 Å². The zero-order valence-electron chi connectivity index (χ0n) is 32.7. The number of ether oxygens (including phenoxy) is 1. The molecule has 0 radical (unpaired) electrons. The van der Waals surface area contributed by atoms with E-state index in [1.165, 1.54) is 24.3 Å². The summed E-state index contributed by atoms with van der Waals surface area (Å²) in [6.45, 7) is 7.48. The highest BCUT2D eigenvalue weighted by Gasteiger charge is 2.48. The molecule has 1 N–H and O–H groups in total. The lowest BCUT2D eigenvalue weighted by molar-refractivity contribution is 0.0703. The molecule has 0 aromatic heterocycles. The number of likely N-dealkylation sites (tertiary alicyclic amines) is 2. The maximum atomic E-state index is 13.7. The molecule has 3 aliphatic heterocycles. The van der Waals surface area contributed by atoms with Crippen molar-refractivity contribution in [1.29, 1.82) is 0 Å². The lowest BCUT2D eigenvalue weighted by atomic mass is 9.70. The van der Waals surface area contributed by atoms with Crippen LogP contribution < -0.4 is 9.46 Å². The van der Waals surface area contributed by atoms with Gasteiger partial charge in [-0.15, -0.1) is 0 Å². The van der Waals surface area contributed by atoms with Gasteiger partial charge in [0.25, 0.3) is 0 Å². The summed E-state index contributed by atoms with van der Waals surface area (Å²) < 4.78 is 63.7. The van der Waals surface area contributed by atoms with Gasteiger partial charge in [-0.05, 0) is 137 Å². The van der Waals surface area contributed by atoms with Gasteiger partial charge in [-0.3, -0.25) is 19.4 Å². The summed E-state index contributed by atoms with van der Waals surface area (Å²) in [7, 11) is -2.18. The zero-order chi connectivity index (χ0) is 39.9. The van der Waals surface area contributed by atoms with Crippen LogP contribution in [-0.4, -0.2) is 105 Å². The number of nitrogens with zero attached hydrogens (tertiary/aromatic N) is 2. The van der Waals surface area contributed by atoms with Crippen LogP contribution in [0.5, 0.6) is 5.75 Å². The molecule has 0 saturated carbocycles. The minimum absolute atomic E-state index is 0.0559. The summed E-state index contributed by atoms with van der Waals surface area (Å²) in [6.07, 6.45) is 4.18. The number of Topliss-reactive ketones (excluding diaryl/α,β-unsaturated/α-hetero) is 2. The number of sulfonamides is 1. The Morgan fingerprint density at radius 2 is 1.21 bits per heavy atom. The van der Waals surface area contributed by atoms with E-state index in [0.29, 0.717) is 55.4 Å². The predicted molar refractivity (Wildman–Crippen MR) is 223 cm³/mol. The third-order valence-electron chi connectivity index (χ3n) is 12.0. The Labute approximate surface area is 339 Å². The summed E-state index contributed by atoms with van der Waals surface area (Å²) >= 11 is 3.75. The maximum absolute atomic E-state index is 13.7. The standard InChI is InChI=1S/C43H55F2N3O5S3/c1-4-54-27-36(47-21-17-32(18-22-47)41(49)30-9-13-34(44)14-10-30)25-43(29-46-56(51,52)39-8-6-7-38(53-3)40(39)43)26-37(28-55-5-2)48-23-19-33(20-24-48)42(50)31-11-15-35(45)16-12-31/h6-16,32-33,36-37,46H,4-5,17-29H2,1-3H3. The van der Waals surface area contributed by atoms with E-state index < -0.39 is 15.4 Å². The van der Waals surface area contributed by atoms with Gasteiger partial charge in [0.05, 0.1) is 12.0 Å². The average Bonchev–Trinajstić information content (AvgIpc) is 3.22. The second-order valence-corrected chi connectivity index (χ2v) is 19.7. The van der Waals surface area contributed by atoms with Gasteiger partial charge in [-0.1, -0.05) is 19.9 Å². The van der Waals surface area contributed by atoms with Crippen LogP contribution in [0.1, 0.15) is 78.7 Å². The second-order valence-electron chi connectivity index (χ2n) is 15.3. The predicted octanol–water partition coefficient (Wildman–Crippen LogP) is 7.72. The molecule has 2 saturated heterocycles. The van der Waals surface area contributed by atoms with Crippen LogP contribution in [0.2, 0.25) is 0 Å². The van der Waals surface area contributed by atoms with E-state index in [1.807, 2.05) is 29.6 Å². The number of halogens is 2. The molecule has 8 nitrogen and oxygen atoms in total. The number of nitrogens with one attached hydrogen (secondary N) is 1. The minimum Gasteiger partial charge on any atom is -0.496 e. The van der Waals surface area contributed by atoms with Crippen molar-refractivity contribution in [3.8, 4) is 5.75 Å². The lowest BCUT2D eigenvalue weighted by Crippen LogP contribution is -2.56. The van der Waals surface area contributed by atoms with Gasteiger partial charge < -0.3 is 4.74 Å². The minimum atomic E-state index is -3.78. The fourth-order valence-electron chi connectivity index (χ4n) is 9.01. The Bertz CT molecular complexity index is 1810. The molecule has 2 atom stereocenters.